The number of rotatable bonds is 7. The minimum atomic E-state index is -0.872. The molecular weight excluding hydrogens is 544 g/mol. The fraction of sp³-hybridized carbons (Fsp3) is 0.200. The zero-order chi connectivity index (χ0) is 30.7. The van der Waals surface area contributed by atoms with Crippen molar-refractivity contribution in [2.75, 3.05) is 14.1 Å². The van der Waals surface area contributed by atoms with E-state index >= 15 is 0 Å². The molecule has 24 heteroatoms. The molecule has 0 aromatic heterocycles. The number of nitro groups is 4. The van der Waals surface area contributed by atoms with Crippen LogP contribution in [0.1, 0.15) is 5.56 Å². The number of benzene rings is 2. The highest BCUT2D eigenvalue weighted by molar-refractivity contribution is 5.53. The number of nitroso groups, excluding NO2 is 2. The van der Waals surface area contributed by atoms with Crippen LogP contribution in [0, 0.1) is 72.8 Å². The summed E-state index contributed by atoms with van der Waals surface area (Å²) in [6.45, 7) is 1.53. The second-order valence-corrected chi connectivity index (χ2v) is 6.00. The Labute approximate surface area is 213 Å². The number of hydrogen-bond donors (Lipinski definition) is 0. The zero-order valence-corrected chi connectivity index (χ0v) is 19.7. The van der Waals surface area contributed by atoms with Gasteiger partial charge in [0.2, 0.25) is 11.0 Å². The molecule has 0 aliphatic heterocycles. The Bertz CT molecular complexity index is 1250. The number of nitrogens with zero attached hydrogens (tertiary/aromatic N) is 10. The fourth-order valence-corrected chi connectivity index (χ4v) is 1.85. The Balaban J connectivity index is 0. The summed E-state index contributed by atoms with van der Waals surface area (Å²) in [5, 5.41) is 78.2. The van der Waals surface area contributed by atoms with E-state index in [0.717, 1.165) is 38.4 Å². The van der Waals surface area contributed by atoms with Crippen molar-refractivity contribution < 1.29 is 34.3 Å². The van der Waals surface area contributed by atoms with Crippen molar-refractivity contribution in [3.8, 4) is 5.75 Å². The van der Waals surface area contributed by atoms with Gasteiger partial charge in [0.15, 0.2) is 14.1 Å². The standard InChI is InChI=1S/C7H6N4O6.C7H6N2O4.CH4N2O2.N2O2/c1-9(12)8-17-7-3-2-5(10(13)14)4-6(7)11(15)16;1-5-2-3-6(8(10)11)4-7(5)9(12)13;1-3(5)2-4;3-1-2-4/h2-4H,1H3;2-4H,1H3;4H,1H3;/p-1/b9-8-;;3-2-;. The molecule has 0 fully saturated rings. The highest BCUT2D eigenvalue weighted by Gasteiger charge is 2.21. The van der Waals surface area contributed by atoms with E-state index in [-0.39, 0.29) is 26.8 Å². The Hall–Kier alpha value is -6.36. The molecule has 2 aromatic rings. The minimum Gasteiger partial charge on any atom is -0.739 e. The van der Waals surface area contributed by atoms with E-state index in [1.54, 1.807) is 10.6 Å². The SMILES string of the molecule is C/[N+]([O-])=N/Oc1ccc([N+](=O)[O-])cc1[N+](=O)[O-].C/[N+]([O-])=N/[O-].Cc1ccc([N+](=O)[O-])cc1[N+](=O)[O-].O=NN=O. The Morgan fingerprint density at radius 3 is 1.41 bits per heavy atom. The molecule has 0 saturated carbocycles. The second kappa shape index (κ2) is 18.0. The van der Waals surface area contributed by atoms with Crippen LogP contribution >= 0.6 is 0 Å². The first-order valence-corrected chi connectivity index (χ1v) is 9.13. The summed E-state index contributed by atoms with van der Waals surface area (Å²) in [6, 6.07) is 6.26. The van der Waals surface area contributed by atoms with Crippen molar-refractivity contribution in [1.29, 1.82) is 0 Å². The fourth-order valence-electron chi connectivity index (χ4n) is 1.85. The van der Waals surface area contributed by atoms with E-state index in [0.29, 0.717) is 5.56 Å². The molecule has 0 N–H and O–H groups in total. The predicted octanol–water partition coefficient (Wildman–Crippen LogP) is 3.71. The van der Waals surface area contributed by atoms with Crippen LogP contribution in [0.4, 0.5) is 22.7 Å². The summed E-state index contributed by atoms with van der Waals surface area (Å²) in [5.74, 6) is -0.358. The third-order valence-corrected chi connectivity index (χ3v) is 3.35. The first-order valence-electron chi connectivity index (χ1n) is 9.13. The maximum absolute atomic E-state index is 10.6. The third kappa shape index (κ3) is 14.6. The summed E-state index contributed by atoms with van der Waals surface area (Å²) in [6.07, 6.45) is 0. The number of hydroxylamine groups is 2. The van der Waals surface area contributed by atoms with E-state index in [1.165, 1.54) is 19.1 Å². The molecule has 0 radical (unpaired) electrons. The predicted molar refractivity (Wildman–Crippen MR) is 124 cm³/mol. The van der Waals surface area contributed by atoms with Gasteiger partial charge in [-0.2, -0.15) is 0 Å². The largest absolute Gasteiger partial charge is 0.739 e. The van der Waals surface area contributed by atoms with Crippen LogP contribution in [0.2, 0.25) is 0 Å². The van der Waals surface area contributed by atoms with Crippen LogP contribution in [0.3, 0.4) is 0 Å². The van der Waals surface area contributed by atoms with Gasteiger partial charge < -0.3 is 15.6 Å². The molecule has 2 aromatic carbocycles. The van der Waals surface area contributed by atoms with E-state index in [1.807, 2.05) is 5.28 Å². The van der Waals surface area contributed by atoms with Gasteiger partial charge in [-0.15, -0.1) is 14.7 Å². The van der Waals surface area contributed by atoms with E-state index < -0.39 is 31.1 Å². The van der Waals surface area contributed by atoms with Gasteiger partial charge in [-0.25, -0.2) is 0 Å². The Kier molecular flexibility index (Phi) is 16.1. The topological polar surface area (TPSA) is 341 Å². The van der Waals surface area contributed by atoms with Gasteiger partial charge in [0, 0.05) is 17.7 Å². The van der Waals surface area contributed by atoms with Crippen LogP contribution in [0.15, 0.2) is 57.5 Å². The van der Waals surface area contributed by atoms with Crippen LogP contribution in [-0.4, -0.2) is 43.5 Å². The minimum absolute atomic E-state index is 0.0468. The maximum atomic E-state index is 10.6. The summed E-state index contributed by atoms with van der Waals surface area (Å²) in [7, 11) is 2.03. The lowest BCUT2D eigenvalue weighted by Crippen LogP contribution is -1.98. The molecule has 0 bridgehead atoms. The lowest BCUT2D eigenvalue weighted by molar-refractivity contribution is -0.523. The zero-order valence-electron chi connectivity index (χ0n) is 19.7. The Morgan fingerprint density at radius 1 is 0.667 bits per heavy atom. The van der Waals surface area contributed by atoms with Crippen molar-refractivity contribution in [1.82, 2.24) is 0 Å². The lowest BCUT2D eigenvalue weighted by atomic mass is 10.2. The Morgan fingerprint density at radius 2 is 1.08 bits per heavy atom. The summed E-state index contributed by atoms with van der Waals surface area (Å²) in [5.41, 5.74) is -1.19. The molecule has 0 amide bonds. The average Bonchev–Trinajstić information content (AvgIpc) is 2.87. The average molecular weight is 559 g/mol. The van der Waals surface area contributed by atoms with Gasteiger partial charge in [-0.05, 0) is 24.3 Å². The summed E-state index contributed by atoms with van der Waals surface area (Å²) >= 11 is 0. The molecule has 0 atom stereocenters. The van der Waals surface area contributed by atoms with Crippen molar-refractivity contribution in [3.63, 3.8) is 0 Å². The molecule has 0 unspecified atom stereocenters. The van der Waals surface area contributed by atoms with Gasteiger partial charge in [0.05, 0.1) is 31.8 Å². The van der Waals surface area contributed by atoms with Crippen LogP contribution in [-0.2, 0) is 0 Å². The van der Waals surface area contributed by atoms with Crippen molar-refractivity contribution in [3.05, 3.63) is 108 Å². The number of aryl methyl sites for hydroxylation is 1. The normalized spacial score (nSPS) is 10.0. The third-order valence-electron chi connectivity index (χ3n) is 3.35. The highest BCUT2D eigenvalue weighted by Crippen LogP contribution is 2.31. The van der Waals surface area contributed by atoms with E-state index in [9.17, 15) is 50.9 Å². The van der Waals surface area contributed by atoms with Crippen molar-refractivity contribution in [2.24, 2.45) is 21.1 Å². The molecule has 39 heavy (non-hydrogen) atoms. The maximum Gasteiger partial charge on any atom is 0.321 e. The van der Waals surface area contributed by atoms with Gasteiger partial charge in [0.1, 0.15) is 10.6 Å². The van der Waals surface area contributed by atoms with E-state index in [2.05, 4.69) is 10.1 Å². The molecule has 210 valence electrons. The summed E-state index contributed by atoms with van der Waals surface area (Å²) < 4.78 is 0. The van der Waals surface area contributed by atoms with E-state index in [4.69, 9.17) is 15.0 Å². The van der Waals surface area contributed by atoms with Crippen LogP contribution < -0.4 is 4.84 Å². The molecular formula is C15H15N10O14-. The molecule has 0 heterocycles. The lowest BCUT2D eigenvalue weighted by Gasteiger charge is -1.98. The van der Waals surface area contributed by atoms with Gasteiger partial charge >= 0.3 is 5.69 Å². The number of hydrogen-bond acceptors (Lipinski definition) is 16. The summed E-state index contributed by atoms with van der Waals surface area (Å²) in [4.78, 5) is 60.1. The first-order chi connectivity index (χ1) is 18.1. The van der Waals surface area contributed by atoms with Gasteiger partial charge in [-0.3, -0.25) is 45.3 Å². The van der Waals surface area contributed by atoms with Crippen molar-refractivity contribution in [2.45, 2.75) is 6.92 Å². The number of non-ortho nitro benzene ring substituents is 2. The quantitative estimate of drug-likeness (QED) is 0.153. The van der Waals surface area contributed by atoms with Crippen molar-refractivity contribution >= 4 is 22.7 Å². The van der Waals surface area contributed by atoms with Crippen LogP contribution in [0.5, 0.6) is 5.75 Å². The molecule has 0 saturated heterocycles. The monoisotopic (exact) mass is 559 g/mol. The molecule has 0 aliphatic carbocycles. The smallest absolute Gasteiger partial charge is 0.321 e. The molecule has 24 nitrogen and oxygen atoms in total. The van der Waals surface area contributed by atoms with Gasteiger partial charge in [0.25, 0.3) is 17.1 Å². The number of nitro benzene ring substituents is 4. The second-order valence-electron chi connectivity index (χ2n) is 6.00. The first kappa shape index (κ1) is 34.8. The highest BCUT2D eigenvalue weighted by atomic mass is 16.7. The molecule has 2 rings (SSSR count). The van der Waals surface area contributed by atoms with Crippen LogP contribution in [0.25, 0.3) is 0 Å². The molecule has 0 spiro atoms. The molecule has 0 aliphatic rings. The van der Waals surface area contributed by atoms with Gasteiger partial charge in [-0.1, -0.05) is 4.86 Å².